The number of anilines is 1. The van der Waals surface area contributed by atoms with Gasteiger partial charge >= 0.3 is 0 Å². The van der Waals surface area contributed by atoms with Crippen molar-refractivity contribution in [2.45, 2.75) is 56.3 Å². The second-order valence-electron chi connectivity index (χ2n) is 22.9. The Bertz CT molecular complexity index is 4630. The Morgan fingerprint density at radius 1 is 0.515 bits per heavy atom. The van der Waals surface area contributed by atoms with Gasteiger partial charge in [0.15, 0.2) is 0 Å². The van der Waals surface area contributed by atoms with Gasteiger partial charge in [0, 0.05) is 151 Å². The Morgan fingerprint density at radius 3 is 1.57 bits per heavy atom. The Morgan fingerprint density at radius 2 is 1.05 bits per heavy atom. The van der Waals surface area contributed by atoms with Gasteiger partial charge < -0.3 is 29.5 Å². The molecule has 8 nitrogen and oxygen atoms in total. The van der Waals surface area contributed by atoms with Crippen molar-refractivity contribution < 1.29 is 112 Å². The van der Waals surface area contributed by atoms with Crippen molar-refractivity contribution in [1.29, 1.82) is 0 Å². The summed E-state index contributed by atoms with van der Waals surface area (Å²) in [7, 11) is 2.03. The predicted molar refractivity (Wildman–Crippen MR) is 366 cm³/mol. The maximum atomic E-state index is 13.5. The monoisotopic (exact) mass is 2060 g/mol. The van der Waals surface area contributed by atoms with Gasteiger partial charge in [0.05, 0.1) is 6.26 Å². The first-order valence-electron chi connectivity index (χ1n) is 29.9. The van der Waals surface area contributed by atoms with Gasteiger partial charge in [-0.15, -0.1) is 89.6 Å². The van der Waals surface area contributed by atoms with Crippen LogP contribution in [0.1, 0.15) is 61.1 Å². The van der Waals surface area contributed by atoms with Crippen molar-refractivity contribution >= 4 is 17.4 Å². The van der Waals surface area contributed by atoms with E-state index in [0.717, 1.165) is 59.8 Å². The van der Waals surface area contributed by atoms with E-state index >= 15 is 0 Å². The number of halogens is 6. The van der Waals surface area contributed by atoms with E-state index in [9.17, 15) is 26.3 Å². The molecule has 0 bridgehead atoms. The maximum Gasteiger partial charge on any atom is 0.120 e. The third kappa shape index (κ3) is 19.0. The molecule has 1 aliphatic heterocycles. The Kier molecular flexibility index (Phi) is 29.2. The van der Waals surface area contributed by atoms with E-state index < -0.39 is 34.9 Å². The summed E-state index contributed by atoms with van der Waals surface area (Å²) in [5, 5.41) is 6.21. The van der Waals surface area contributed by atoms with Crippen molar-refractivity contribution in [3.05, 3.63) is 344 Å². The van der Waals surface area contributed by atoms with Crippen LogP contribution in [0.25, 0.3) is 61.7 Å². The second kappa shape index (κ2) is 36.3. The largest absolute Gasteiger partial charge is 0.510 e. The molecule has 3 aliphatic rings. The normalized spacial score (nSPS) is 12.4. The summed E-state index contributed by atoms with van der Waals surface area (Å²) in [5.41, 5.74) is 16.7. The summed E-state index contributed by atoms with van der Waals surface area (Å²) in [6.45, 7) is 26.0. The van der Waals surface area contributed by atoms with Crippen LogP contribution in [0, 0.1) is 71.9 Å². The molecule has 0 atom stereocenters. The fourth-order valence-electron chi connectivity index (χ4n) is 11.1. The maximum absolute atomic E-state index is 13.5. The summed E-state index contributed by atoms with van der Waals surface area (Å²) in [4.78, 5) is 17.4. The molecule has 19 heteroatoms. The van der Waals surface area contributed by atoms with Gasteiger partial charge in [0.2, 0.25) is 0 Å². The Hall–Kier alpha value is -8.17. The Balaban J connectivity index is 0.000000196. The number of rotatable bonds is 13. The zero-order chi connectivity index (χ0) is 67.4. The van der Waals surface area contributed by atoms with Crippen LogP contribution >= 0.6 is 11.8 Å². The van der Waals surface area contributed by atoms with Gasteiger partial charge in [0.1, 0.15) is 5.75 Å². The minimum Gasteiger partial charge on any atom is -0.510 e. The molecule has 0 amide bonds. The zero-order valence-electron chi connectivity index (χ0n) is 54.1. The molecule has 514 valence electrons. The van der Waals surface area contributed by atoms with Crippen LogP contribution in [0.5, 0.6) is 5.75 Å². The molecule has 0 N–H and O–H groups in total. The third-order valence-electron chi connectivity index (χ3n) is 15.8. The van der Waals surface area contributed by atoms with Crippen LogP contribution in [0.2, 0.25) is 0 Å². The first kappa shape index (κ1) is 79.8. The molecule has 11 aromatic rings. The SMILES string of the molecule is C=CCc1ccc(-c2[c-]cc(F)cc2F)nc1.C=CCc1ccc2c(c1)C(C)(C)c1cc(-n3cccn3)[c-]cc1-2.C=COc1ccnc(-c2[c-]cc(F)cc2F)c1.C=CSc1ccc2c(c1)C(C)(C)c1cc(N3C=CN(C)[CH-]3)[c-]cc1-2.Fc1c[c-]c(-c2ccccn2)c(F)c1.[Ir].[Ir].[Ir].[Ir]. The average molecular weight is 2050 g/mol. The molecule has 4 radical (unpaired) electrons. The molecular weight excluding hydrogens is 1990 g/mol. The van der Waals surface area contributed by atoms with Gasteiger partial charge in [-0.1, -0.05) is 159 Å². The first-order valence-corrected chi connectivity index (χ1v) is 30.8. The van der Waals surface area contributed by atoms with Gasteiger partial charge in [0.25, 0.3) is 0 Å². The van der Waals surface area contributed by atoms with Crippen molar-refractivity contribution in [1.82, 2.24) is 29.6 Å². The summed E-state index contributed by atoms with van der Waals surface area (Å²) in [6, 6.07) is 55.9. The number of pyridine rings is 3. The van der Waals surface area contributed by atoms with E-state index in [1.807, 2.05) is 52.6 Å². The average Bonchev–Trinajstić information content (AvgIpc) is 1.59. The molecule has 0 saturated heterocycles. The van der Waals surface area contributed by atoms with E-state index in [-0.39, 0.29) is 108 Å². The topological polar surface area (TPSA) is 72.2 Å². The third-order valence-corrected chi connectivity index (χ3v) is 16.5. The van der Waals surface area contributed by atoms with E-state index in [1.54, 1.807) is 66.8 Å². The fourth-order valence-corrected chi connectivity index (χ4v) is 11.6. The molecule has 99 heavy (non-hydrogen) atoms. The minimum absolute atomic E-state index is 0. The van der Waals surface area contributed by atoms with Crippen LogP contribution in [-0.2, 0) is 104 Å². The van der Waals surface area contributed by atoms with Gasteiger partial charge in [-0.25, -0.2) is 0 Å². The molecule has 7 aromatic carbocycles. The van der Waals surface area contributed by atoms with Crippen molar-refractivity contribution in [3.63, 3.8) is 0 Å². The summed E-state index contributed by atoms with van der Waals surface area (Å²) in [5.74, 6) is -3.51. The fraction of sp³-hybridized carbons (Fsp3) is 0.113. The van der Waals surface area contributed by atoms with Crippen LogP contribution in [0.15, 0.2) is 244 Å². The predicted octanol–water partition coefficient (Wildman–Crippen LogP) is 19.8. The number of aromatic nitrogens is 5. The van der Waals surface area contributed by atoms with E-state index in [0.29, 0.717) is 29.3 Å². The van der Waals surface area contributed by atoms with Gasteiger partial charge in [-0.3, -0.25) is 31.0 Å². The molecule has 2 aliphatic carbocycles. The van der Waals surface area contributed by atoms with Crippen LogP contribution < -0.4 is 9.64 Å². The number of nitrogens with zero attached hydrogens (tertiary/aromatic N) is 7. The second-order valence-corrected chi connectivity index (χ2v) is 23.9. The molecule has 5 heterocycles. The number of hydrogen-bond acceptors (Lipinski definition) is 8. The standard InChI is InChI=1S/C21H20N2S.C21H19N2.C14H10F2N.C13H8F2NO.C11H6F2N.4Ir/c1-5-24-16-7-9-18-17-8-6-15(23-11-10-22(4)14-23)12-19(17)21(2,3)20(18)13-16;1-4-6-15-7-9-17-18-10-8-16(23-12-5-11-22-23)14-20(18)21(2,3)19(17)13-15;1-2-3-10-4-7-14(17-9-10)12-6-5-11(15)8-13(12)16;1-2-17-10-5-6-16-13(8-10)11-4-3-9(14)7-12(11)15;12-8-4-5-9(10(13)7-8)11-3-1-2-6-14-11;;;;/h5,7-14H,1H2,2-4H3;4-5,7,9-14H,1,6H2,2-3H3;2,4-5,7-9H,1,3H2;2-3,5-8H,1H2;1-4,6-7H;;;;/q-2;4*-1;;;;. The number of thioether (sulfide) groups is 1. The number of fused-ring (bicyclic) bond motifs is 6. The number of allylic oxidation sites excluding steroid dienone is 2. The number of hydrogen-bond donors (Lipinski definition) is 0. The van der Waals surface area contributed by atoms with Crippen LogP contribution in [0.3, 0.4) is 0 Å². The first-order chi connectivity index (χ1) is 45.8. The molecular formula is C80H63F6Ir4N7OS-6. The smallest absolute Gasteiger partial charge is 0.120 e. The molecule has 0 spiro atoms. The van der Waals surface area contributed by atoms with E-state index in [1.165, 1.54) is 73.5 Å². The Labute approximate surface area is 633 Å². The minimum atomic E-state index is -0.715. The zero-order valence-corrected chi connectivity index (χ0v) is 64.5. The summed E-state index contributed by atoms with van der Waals surface area (Å²) < 4.78 is 85.1. The van der Waals surface area contributed by atoms with Gasteiger partial charge in [-0.05, 0) is 130 Å². The quantitative estimate of drug-likeness (QED) is 0.0372. The molecule has 4 aromatic heterocycles. The summed E-state index contributed by atoms with van der Waals surface area (Å²) in [6.07, 6.45) is 19.1. The molecule has 0 unspecified atom stereocenters. The van der Waals surface area contributed by atoms with E-state index in [2.05, 4.69) is 183 Å². The van der Waals surface area contributed by atoms with Crippen LogP contribution in [0.4, 0.5) is 32.0 Å². The molecule has 0 fully saturated rings. The van der Waals surface area contributed by atoms with Crippen molar-refractivity contribution in [2.24, 2.45) is 0 Å². The van der Waals surface area contributed by atoms with Gasteiger partial charge in [-0.2, -0.15) is 36.0 Å². The van der Waals surface area contributed by atoms with Crippen molar-refractivity contribution in [2.75, 3.05) is 11.9 Å². The number of benzene rings is 7. The molecule has 14 rings (SSSR count). The van der Waals surface area contributed by atoms with Crippen LogP contribution in [-0.4, -0.2) is 36.7 Å². The summed E-state index contributed by atoms with van der Waals surface area (Å²) >= 11 is 1.67. The van der Waals surface area contributed by atoms with E-state index in [4.69, 9.17) is 4.74 Å². The van der Waals surface area contributed by atoms with Crippen molar-refractivity contribution in [3.8, 4) is 67.5 Å². The molecule has 0 saturated carbocycles. The number of ether oxygens (including phenoxy) is 1.